The third kappa shape index (κ3) is 6.04. The molecule has 6 rings (SSSR count). The molecule has 0 radical (unpaired) electrons. The molecule has 2 fully saturated rings. The molecule has 39 heavy (non-hydrogen) atoms. The van der Waals surface area contributed by atoms with Gasteiger partial charge in [0.2, 0.25) is 5.91 Å². The summed E-state index contributed by atoms with van der Waals surface area (Å²) >= 11 is 0. The fraction of sp³-hybridized carbons (Fsp3) is 0.300. The number of pyridine rings is 1. The van der Waals surface area contributed by atoms with Crippen LogP contribution in [0, 0.1) is 0 Å². The Morgan fingerprint density at radius 3 is 2.69 bits per heavy atom. The minimum Gasteiger partial charge on any atom is -0.457 e. The average Bonchev–Trinajstić information content (AvgIpc) is 3.57. The maximum atomic E-state index is 12.7. The summed E-state index contributed by atoms with van der Waals surface area (Å²) in [6.45, 7) is 2.18. The average molecular weight is 524 g/mol. The summed E-state index contributed by atoms with van der Waals surface area (Å²) in [5.74, 6) is 2.36. The first-order chi connectivity index (χ1) is 19.1. The molecule has 3 N–H and O–H groups in total. The van der Waals surface area contributed by atoms with Crippen molar-refractivity contribution in [1.82, 2.24) is 25.0 Å². The molecule has 0 bridgehead atoms. The van der Waals surface area contributed by atoms with E-state index in [2.05, 4.69) is 37.8 Å². The third-order valence-electron chi connectivity index (χ3n) is 7.24. The summed E-state index contributed by atoms with van der Waals surface area (Å²) in [5, 5.41) is 15.4. The number of aromatic amines is 1. The molecule has 1 aliphatic carbocycles. The highest BCUT2D eigenvalue weighted by Crippen LogP contribution is 2.32. The van der Waals surface area contributed by atoms with E-state index >= 15 is 0 Å². The van der Waals surface area contributed by atoms with E-state index in [1.807, 2.05) is 71.6 Å². The number of amides is 1. The first-order valence-electron chi connectivity index (χ1n) is 13.5. The van der Waals surface area contributed by atoms with Crippen LogP contribution in [-0.4, -0.2) is 69.7 Å². The fourth-order valence-corrected chi connectivity index (χ4v) is 4.91. The van der Waals surface area contributed by atoms with Crippen molar-refractivity contribution in [2.75, 3.05) is 37.3 Å². The lowest BCUT2D eigenvalue weighted by atomic mass is 10.2. The number of hydrogen-bond acceptors (Lipinski definition) is 7. The Bertz CT molecular complexity index is 1450. The van der Waals surface area contributed by atoms with E-state index in [-0.39, 0.29) is 11.9 Å². The molecule has 1 amide bonds. The number of carbonyl (C=O) groups excluding carboxylic acids is 1. The summed E-state index contributed by atoms with van der Waals surface area (Å²) < 4.78 is 5.91. The number of ether oxygens (including phenoxy) is 1. The Morgan fingerprint density at radius 2 is 1.90 bits per heavy atom. The molecule has 1 unspecified atom stereocenters. The van der Waals surface area contributed by atoms with Gasteiger partial charge in [0.25, 0.3) is 0 Å². The smallest absolute Gasteiger partial charge is 0.246 e. The molecule has 2 aromatic heterocycles. The Labute approximate surface area is 227 Å². The molecule has 1 atom stereocenters. The van der Waals surface area contributed by atoms with Gasteiger partial charge in [-0.05, 0) is 68.8 Å². The van der Waals surface area contributed by atoms with Crippen molar-refractivity contribution >= 4 is 34.1 Å². The van der Waals surface area contributed by atoms with Crippen molar-refractivity contribution in [3.63, 3.8) is 0 Å². The Kier molecular flexibility index (Phi) is 7.14. The van der Waals surface area contributed by atoms with Gasteiger partial charge in [0, 0.05) is 49.7 Å². The lowest BCUT2D eigenvalue weighted by Crippen LogP contribution is -2.30. The fourth-order valence-electron chi connectivity index (χ4n) is 4.91. The summed E-state index contributed by atoms with van der Waals surface area (Å²) in [7, 11) is 2.12. The normalized spacial score (nSPS) is 17.3. The van der Waals surface area contributed by atoms with Crippen molar-refractivity contribution in [2.24, 2.45) is 0 Å². The number of carbonyl (C=O) groups is 1. The number of anilines is 3. The van der Waals surface area contributed by atoms with Crippen LogP contribution < -0.4 is 15.4 Å². The van der Waals surface area contributed by atoms with Crippen molar-refractivity contribution in [1.29, 1.82) is 0 Å². The van der Waals surface area contributed by atoms with Crippen LogP contribution in [0.2, 0.25) is 0 Å². The molecule has 1 saturated carbocycles. The molecule has 0 spiro atoms. The van der Waals surface area contributed by atoms with Gasteiger partial charge in [0.1, 0.15) is 11.5 Å². The van der Waals surface area contributed by atoms with Crippen LogP contribution in [0.5, 0.6) is 11.5 Å². The first kappa shape index (κ1) is 24.9. The molecular formula is C30H33N7O2. The molecule has 3 heterocycles. The number of H-pyrrole nitrogens is 1. The van der Waals surface area contributed by atoms with Crippen LogP contribution in [0.4, 0.5) is 17.2 Å². The van der Waals surface area contributed by atoms with E-state index in [1.54, 1.807) is 12.3 Å². The topological polar surface area (TPSA) is 98.4 Å². The molecule has 200 valence electrons. The second kappa shape index (κ2) is 11.2. The quantitative estimate of drug-likeness (QED) is 0.247. The Hall–Kier alpha value is -4.37. The lowest BCUT2D eigenvalue weighted by molar-refractivity contribution is -0.125. The van der Waals surface area contributed by atoms with E-state index in [1.165, 1.54) is 12.8 Å². The van der Waals surface area contributed by atoms with Gasteiger partial charge in [-0.2, -0.15) is 5.10 Å². The van der Waals surface area contributed by atoms with Gasteiger partial charge in [-0.1, -0.05) is 24.3 Å². The number of para-hydroxylation sites is 1. The molecule has 9 nitrogen and oxygen atoms in total. The lowest BCUT2D eigenvalue weighted by Gasteiger charge is -2.16. The summed E-state index contributed by atoms with van der Waals surface area (Å²) in [4.78, 5) is 21.3. The van der Waals surface area contributed by atoms with Crippen molar-refractivity contribution in [2.45, 2.75) is 31.3 Å². The van der Waals surface area contributed by atoms with Crippen LogP contribution in [-0.2, 0) is 4.79 Å². The summed E-state index contributed by atoms with van der Waals surface area (Å²) in [6, 6.07) is 20.3. The number of fused-ring (bicyclic) bond motifs is 1. The SMILES string of the molecule is CN(C/C=C/C(=O)N1CCC(Nc2n[nH]c3nccc(Nc4ccc(Oc5ccccc5)cc4)c23)C1)C1CC1. The number of hydrogen-bond donors (Lipinski definition) is 3. The molecule has 1 saturated heterocycles. The highest BCUT2D eigenvalue weighted by Gasteiger charge is 2.27. The zero-order chi connectivity index (χ0) is 26.6. The van der Waals surface area contributed by atoms with Crippen molar-refractivity contribution in [3.05, 3.63) is 79.0 Å². The molecule has 2 aromatic carbocycles. The van der Waals surface area contributed by atoms with Crippen LogP contribution in [0.15, 0.2) is 79.0 Å². The molecule has 9 heteroatoms. The van der Waals surface area contributed by atoms with Crippen molar-refractivity contribution in [3.8, 4) is 11.5 Å². The van der Waals surface area contributed by atoms with E-state index in [9.17, 15) is 4.79 Å². The van der Waals surface area contributed by atoms with Gasteiger partial charge >= 0.3 is 0 Å². The molecular weight excluding hydrogens is 490 g/mol. The summed E-state index contributed by atoms with van der Waals surface area (Å²) in [6.07, 6.45) is 8.84. The van der Waals surface area contributed by atoms with Gasteiger partial charge in [0.15, 0.2) is 11.5 Å². The van der Waals surface area contributed by atoms with Gasteiger partial charge in [-0.25, -0.2) is 4.98 Å². The maximum absolute atomic E-state index is 12.7. The van der Waals surface area contributed by atoms with Crippen LogP contribution in [0.3, 0.4) is 0 Å². The molecule has 2 aliphatic rings. The predicted octanol–water partition coefficient (Wildman–Crippen LogP) is 5.16. The second-order valence-electron chi connectivity index (χ2n) is 10.2. The standard InChI is InChI=1S/C30H33N7O2/c1-36(23-11-12-23)18-5-8-27(38)37-19-16-22(20-37)33-30-28-26(15-17-31-29(28)34-35-30)32-21-9-13-25(14-10-21)39-24-6-3-2-4-7-24/h2-10,13-15,17,22-23H,11-12,16,18-20H2,1H3,(H3,31,32,33,34,35)/b8-5+. The zero-order valence-corrected chi connectivity index (χ0v) is 22.0. The number of likely N-dealkylation sites (tertiary alicyclic amines) is 1. The Morgan fingerprint density at radius 1 is 1.10 bits per heavy atom. The Balaban J connectivity index is 1.09. The van der Waals surface area contributed by atoms with E-state index < -0.39 is 0 Å². The second-order valence-corrected chi connectivity index (χ2v) is 10.2. The highest BCUT2D eigenvalue weighted by molar-refractivity contribution is 5.99. The minimum atomic E-state index is 0.0686. The number of rotatable bonds is 10. The van der Waals surface area contributed by atoms with Crippen LogP contribution >= 0.6 is 0 Å². The first-order valence-corrected chi connectivity index (χ1v) is 13.5. The number of nitrogens with zero attached hydrogens (tertiary/aromatic N) is 4. The van der Waals surface area contributed by atoms with Gasteiger partial charge in [0.05, 0.1) is 11.1 Å². The highest BCUT2D eigenvalue weighted by atomic mass is 16.5. The number of aromatic nitrogens is 3. The van der Waals surface area contributed by atoms with E-state index in [0.717, 1.165) is 53.6 Å². The summed E-state index contributed by atoms with van der Waals surface area (Å²) in [5.41, 5.74) is 2.51. The molecule has 4 aromatic rings. The van der Waals surface area contributed by atoms with Crippen LogP contribution in [0.25, 0.3) is 11.0 Å². The van der Waals surface area contributed by atoms with E-state index in [0.29, 0.717) is 18.2 Å². The van der Waals surface area contributed by atoms with Crippen LogP contribution in [0.1, 0.15) is 19.3 Å². The maximum Gasteiger partial charge on any atom is 0.246 e. The largest absolute Gasteiger partial charge is 0.457 e. The van der Waals surface area contributed by atoms with Gasteiger partial charge < -0.3 is 20.3 Å². The van der Waals surface area contributed by atoms with E-state index in [4.69, 9.17) is 4.74 Å². The zero-order valence-electron chi connectivity index (χ0n) is 22.0. The number of benzene rings is 2. The minimum absolute atomic E-state index is 0.0686. The number of nitrogens with one attached hydrogen (secondary N) is 3. The molecule has 1 aliphatic heterocycles. The van der Waals surface area contributed by atoms with Crippen molar-refractivity contribution < 1.29 is 9.53 Å². The predicted molar refractivity (Wildman–Crippen MR) is 154 cm³/mol. The number of likely N-dealkylation sites (N-methyl/N-ethyl adjacent to an activating group) is 1. The van der Waals surface area contributed by atoms with Gasteiger partial charge in [-0.3, -0.25) is 14.8 Å². The monoisotopic (exact) mass is 523 g/mol. The third-order valence-corrected chi connectivity index (χ3v) is 7.24. The van der Waals surface area contributed by atoms with Gasteiger partial charge in [-0.15, -0.1) is 0 Å².